The Morgan fingerprint density at radius 1 is 1.03 bits per heavy atom. The molecule has 0 atom stereocenters. The van der Waals surface area contributed by atoms with Crippen molar-refractivity contribution >= 4 is 23.5 Å². The van der Waals surface area contributed by atoms with Crippen molar-refractivity contribution in [1.29, 1.82) is 0 Å². The number of carbonyl (C=O) groups excluding carboxylic acids is 2. The number of anilines is 1. The second-order valence-electron chi connectivity index (χ2n) is 6.67. The summed E-state index contributed by atoms with van der Waals surface area (Å²) in [5.41, 5.74) is 4.38. The van der Waals surface area contributed by atoms with E-state index in [1.54, 1.807) is 24.3 Å². The van der Waals surface area contributed by atoms with Crippen molar-refractivity contribution in [2.24, 2.45) is 0 Å². The summed E-state index contributed by atoms with van der Waals surface area (Å²) < 4.78 is 5.48. The summed E-state index contributed by atoms with van der Waals surface area (Å²) in [5.74, 6) is -0.782. The van der Waals surface area contributed by atoms with Crippen LogP contribution in [0.3, 0.4) is 0 Å². The molecule has 2 aromatic carbocycles. The van der Waals surface area contributed by atoms with E-state index in [9.17, 15) is 14.4 Å². The first-order valence-electron chi connectivity index (χ1n) is 9.74. The molecule has 0 radical (unpaired) electrons. The Labute approximate surface area is 175 Å². The van der Waals surface area contributed by atoms with E-state index in [1.165, 1.54) is 11.9 Å². The van der Waals surface area contributed by atoms with E-state index in [4.69, 9.17) is 9.84 Å². The van der Waals surface area contributed by atoms with E-state index >= 15 is 0 Å². The molecule has 8 heteroatoms. The van der Waals surface area contributed by atoms with E-state index in [-0.39, 0.29) is 24.8 Å². The number of ether oxygens (including phenoxy) is 1. The van der Waals surface area contributed by atoms with Gasteiger partial charge in [0.25, 0.3) is 5.91 Å². The summed E-state index contributed by atoms with van der Waals surface area (Å²) in [7, 11) is 0. The Balaban J connectivity index is 1.81. The highest BCUT2D eigenvalue weighted by molar-refractivity contribution is 5.84. The molecule has 0 saturated heterocycles. The maximum absolute atomic E-state index is 12.5. The van der Waals surface area contributed by atoms with Gasteiger partial charge < -0.3 is 15.2 Å². The number of carboxylic acid groups (broad SMARTS) is 1. The number of hydrazine groups is 1. The highest BCUT2D eigenvalue weighted by Gasteiger charge is 2.14. The summed E-state index contributed by atoms with van der Waals surface area (Å²) in [6, 6.07) is 16.8. The first-order valence-corrected chi connectivity index (χ1v) is 9.74. The highest BCUT2D eigenvalue weighted by atomic mass is 16.5. The average Bonchev–Trinajstić information content (AvgIpc) is 2.73. The highest BCUT2D eigenvalue weighted by Crippen LogP contribution is 2.16. The lowest BCUT2D eigenvalue weighted by molar-refractivity contribution is -0.139. The first kappa shape index (κ1) is 22.7. The second kappa shape index (κ2) is 12.1. The van der Waals surface area contributed by atoms with E-state index in [0.29, 0.717) is 31.7 Å². The minimum absolute atomic E-state index is 0.0217. The molecule has 0 aliphatic rings. The topological polar surface area (TPSA) is 108 Å². The van der Waals surface area contributed by atoms with Crippen LogP contribution in [0, 0.1) is 0 Å². The minimum Gasteiger partial charge on any atom is -0.494 e. The zero-order valence-corrected chi connectivity index (χ0v) is 17.0. The van der Waals surface area contributed by atoms with E-state index in [1.807, 2.05) is 30.3 Å². The van der Waals surface area contributed by atoms with Gasteiger partial charge in [0, 0.05) is 25.6 Å². The molecule has 0 bridgehead atoms. The number of aliphatic carboxylic acids is 1. The van der Waals surface area contributed by atoms with Gasteiger partial charge >= 0.3 is 5.97 Å². The summed E-state index contributed by atoms with van der Waals surface area (Å²) in [4.78, 5) is 34.5. The lowest BCUT2D eigenvalue weighted by Crippen LogP contribution is -2.48. The van der Waals surface area contributed by atoms with Gasteiger partial charge in [-0.05, 0) is 42.7 Å². The fourth-order valence-electron chi connectivity index (χ4n) is 2.67. The third-order valence-corrected chi connectivity index (χ3v) is 4.16. The molecule has 3 N–H and O–H groups in total. The summed E-state index contributed by atoms with van der Waals surface area (Å²) in [6.07, 6.45) is 1.13. The molecule has 0 aromatic heterocycles. The van der Waals surface area contributed by atoms with E-state index in [2.05, 4.69) is 10.7 Å². The Kier molecular flexibility index (Phi) is 9.18. The van der Waals surface area contributed by atoms with Gasteiger partial charge in [-0.1, -0.05) is 30.3 Å². The van der Waals surface area contributed by atoms with Crippen LogP contribution in [0.5, 0.6) is 5.75 Å². The molecule has 2 rings (SSSR count). The monoisotopic (exact) mass is 413 g/mol. The first-order chi connectivity index (χ1) is 14.4. The molecule has 0 fully saturated rings. The maximum atomic E-state index is 12.5. The summed E-state index contributed by atoms with van der Waals surface area (Å²) in [5, 5.41) is 13.0. The smallest absolute Gasteiger partial charge is 0.303 e. The molecular weight excluding hydrogens is 386 g/mol. The standard InChI is InChI=1S/C22H27N3O5/c1-17(26)24-25(14-13-18-6-3-2-4-7-18)21(27)16-23-19-9-11-20(12-10-19)30-15-5-8-22(28)29/h2-4,6-7,9-12,23H,5,8,13-16H2,1H3,(H,24,26)(H,28,29). The Bertz CT molecular complexity index is 824. The van der Waals surface area contributed by atoms with E-state index in [0.717, 1.165) is 11.3 Å². The van der Waals surface area contributed by atoms with Crippen LogP contribution in [0.2, 0.25) is 0 Å². The predicted octanol–water partition coefficient (Wildman–Crippen LogP) is 2.46. The van der Waals surface area contributed by atoms with Crippen molar-refractivity contribution in [1.82, 2.24) is 10.4 Å². The largest absolute Gasteiger partial charge is 0.494 e. The van der Waals surface area contributed by atoms with Crippen molar-refractivity contribution in [3.8, 4) is 5.75 Å². The lowest BCUT2D eigenvalue weighted by Gasteiger charge is -2.23. The molecule has 8 nitrogen and oxygen atoms in total. The average molecular weight is 413 g/mol. The molecule has 0 spiro atoms. The number of rotatable bonds is 11. The van der Waals surface area contributed by atoms with Crippen LogP contribution in [0.15, 0.2) is 54.6 Å². The van der Waals surface area contributed by atoms with Gasteiger partial charge in [0.2, 0.25) is 5.91 Å². The zero-order valence-electron chi connectivity index (χ0n) is 17.0. The van der Waals surface area contributed by atoms with Crippen molar-refractivity contribution in [2.75, 3.05) is 25.0 Å². The maximum Gasteiger partial charge on any atom is 0.303 e. The Morgan fingerprint density at radius 3 is 2.37 bits per heavy atom. The predicted molar refractivity (Wildman–Crippen MR) is 113 cm³/mol. The number of nitrogens with zero attached hydrogens (tertiary/aromatic N) is 1. The van der Waals surface area contributed by atoms with Crippen LogP contribution in [0.1, 0.15) is 25.3 Å². The van der Waals surface area contributed by atoms with Crippen LogP contribution in [0.4, 0.5) is 5.69 Å². The van der Waals surface area contributed by atoms with Gasteiger partial charge in [-0.15, -0.1) is 0 Å². The third-order valence-electron chi connectivity index (χ3n) is 4.16. The summed E-state index contributed by atoms with van der Waals surface area (Å²) >= 11 is 0. The van der Waals surface area contributed by atoms with Gasteiger partial charge in [-0.2, -0.15) is 0 Å². The van der Waals surface area contributed by atoms with Crippen LogP contribution in [-0.2, 0) is 20.8 Å². The van der Waals surface area contributed by atoms with Crippen LogP contribution >= 0.6 is 0 Å². The van der Waals surface area contributed by atoms with Crippen LogP contribution in [-0.4, -0.2) is 47.6 Å². The SMILES string of the molecule is CC(=O)NN(CCc1ccccc1)C(=O)CNc1ccc(OCCCC(=O)O)cc1. The number of amides is 2. The zero-order chi connectivity index (χ0) is 21.8. The van der Waals surface area contributed by atoms with Gasteiger partial charge in [0.15, 0.2) is 0 Å². The third kappa shape index (κ3) is 8.64. The summed E-state index contributed by atoms with van der Waals surface area (Å²) in [6.45, 7) is 2.08. The van der Waals surface area contributed by atoms with Crippen LogP contribution in [0.25, 0.3) is 0 Å². The normalized spacial score (nSPS) is 10.2. The lowest BCUT2D eigenvalue weighted by atomic mass is 10.1. The molecule has 0 unspecified atom stereocenters. The molecule has 30 heavy (non-hydrogen) atoms. The quantitative estimate of drug-likeness (QED) is 0.386. The van der Waals surface area contributed by atoms with Gasteiger partial charge in [-0.25, -0.2) is 0 Å². The molecule has 2 aromatic rings. The number of carboxylic acids is 1. The van der Waals surface area contributed by atoms with Gasteiger partial charge in [-0.3, -0.25) is 24.8 Å². The fourth-order valence-corrected chi connectivity index (χ4v) is 2.67. The van der Waals surface area contributed by atoms with Crippen molar-refractivity contribution in [3.63, 3.8) is 0 Å². The number of carbonyl (C=O) groups is 3. The van der Waals surface area contributed by atoms with Crippen molar-refractivity contribution < 1.29 is 24.2 Å². The Morgan fingerprint density at radius 2 is 1.73 bits per heavy atom. The van der Waals surface area contributed by atoms with Gasteiger partial charge in [0.05, 0.1) is 13.2 Å². The van der Waals surface area contributed by atoms with Gasteiger partial charge in [0.1, 0.15) is 5.75 Å². The minimum atomic E-state index is -0.847. The fraction of sp³-hybridized carbons (Fsp3) is 0.318. The molecular formula is C22H27N3O5. The number of benzene rings is 2. The number of hydrogen-bond acceptors (Lipinski definition) is 5. The Hall–Kier alpha value is -3.55. The molecule has 0 saturated carbocycles. The van der Waals surface area contributed by atoms with Crippen molar-refractivity contribution in [2.45, 2.75) is 26.2 Å². The van der Waals surface area contributed by atoms with Crippen molar-refractivity contribution in [3.05, 3.63) is 60.2 Å². The number of nitrogens with one attached hydrogen (secondary N) is 2. The van der Waals surface area contributed by atoms with E-state index < -0.39 is 5.97 Å². The molecule has 0 aliphatic heterocycles. The molecule has 0 heterocycles. The second-order valence-corrected chi connectivity index (χ2v) is 6.67. The number of hydrogen-bond donors (Lipinski definition) is 3. The molecule has 160 valence electrons. The molecule has 2 amide bonds. The van der Waals surface area contributed by atoms with Crippen LogP contribution < -0.4 is 15.5 Å². The molecule has 0 aliphatic carbocycles.